The summed E-state index contributed by atoms with van der Waals surface area (Å²) < 4.78 is 18.4. The summed E-state index contributed by atoms with van der Waals surface area (Å²) in [4.78, 5) is 25.3. The molecule has 2 aromatic rings. The monoisotopic (exact) mass is 294 g/mol. The molecule has 1 heterocycles. The van der Waals surface area contributed by atoms with Crippen LogP contribution >= 0.6 is 0 Å². The summed E-state index contributed by atoms with van der Waals surface area (Å²) in [5.41, 5.74) is -0.416. The Hall–Kier alpha value is -2.77. The van der Waals surface area contributed by atoms with Crippen LogP contribution in [0.5, 0.6) is 0 Å². The standard InChI is InChI=1S/C13H11FN2O5/c1-2-3-9-11(13(17)18)21-12(15-9)8-6-7(14)4-5-10(8)16(19)20/h4-6H,2-3H2,1H3,(H,17,18). The van der Waals surface area contributed by atoms with E-state index in [2.05, 4.69) is 4.98 Å². The molecule has 0 aliphatic rings. The fraction of sp³-hybridized carbons (Fsp3) is 0.231. The van der Waals surface area contributed by atoms with Crippen molar-refractivity contribution in [1.82, 2.24) is 4.98 Å². The molecule has 7 nitrogen and oxygen atoms in total. The van der Waals surface area contributed by atoms with Crippen molar-refractivity contribution >= 4 is 11.7 Å². The average molecular weight is 294 g/mol. The maximum absolute atomic E-state index is 13.3. The van der Waals surface area contributed by atoms with Crippen LogP contribution in [0, 0.1) is 15.9 Å². The number of nitro groups is 1. The van der Waals surface area contributed by atoms with E-state index in [4.69, 9.17) is 9.52 Å². The lowest BCUT2D eigenvalue weighted by Gasteiger charge is -1.98. The molecule has 0 fully saturated rings. The molecule has 1 N–H and O–H groups in total. The lowest BCUT2D eigenvalue weighted by molar-refractivity contribution is -0.384. The predicted octanol–water partition coefficient (Wildman–Crippen LogP) is 3.04. The molecule has 0 saturated carbocycles. The van der Waals surface area contributed by atoms with Crippen molar-refractivity contribution in [2.75, 3.05) is 0 Å². The Morgan fingerprint density at radius 3 is 2.81 bits per heavy atom. The van der Waals surface area contributed by atoms with Gasteiger partial charge in [0.2, 0.25) is 11.7 Å². The van der Waals surface area contributed by atoms with Crippen molar-refractivity contribution in [1.29, 1.82) is 0 Å². The smallest absolute Gasteiger partial charge is 0.373 e. The predicted molar refractivity (Wildman–Crippen MR) is 69.5 cm³/mol. The number of aromatic nitrogens is 1. The van der Waals surface area contributed by atoms with E-state index < -0.39 is 22.4 Å². The number of nitro benzene ring substituents is 1. The topological polar surface area (TPSA) is 106 Å². The molecule has 0 amide bonds. The van der Waals surface area contributed by atoms with E-state index in [0.717, 1.165) is 18.2 Å². The SMILES string of the molecule is CCCc1nc(-c2cc(F)ccc2[N+](=O)[O-])oc1C(=O)O. The van der Waals surface area contributed by atoms with Crippen molar-refractivity contribution < 1.29 is 23.6 Å². The minimum absolute atomic E-state index is 0.179. The van der Waals surface area contributed by atoms with Crippen LogP contribution < -0.4 is 0 Å². The summed E-state index contributed by atoms with van der Waals surface area (Å²) >= 11 is 0. The van der Waals surface area contributed by atoms with E-state index >= 15 is 0 Å². The molecule has 0 radical (unpaired) electrons. The first-order valence-corrected chi connectivity index (χ1v) is 6.11. The molecule has 0 spiro atoms. The van der Waals surface area contributed by atoms with Gasteiger partial charge < -0.3 is 9.52 Å². The second-order valence-electron chi connectivity index (χ2n) is 4.27. The van der Waals surface area contributed by atoms with Crippen LogP contribution in [0.25, 0.3) is 11.5 Å². The van der Waals surface area contributed by atoms with Gasteiger partial charge in [0.15, 0.2) is 0 Å². The zero-order valence-electron chi connectivity index (χ0n) is 11.0. The van der Waals surface area contributed by atoms with E-state index in [-0.39, 0.29) is 22.9 Å². The molecule has 0 bridgehead atoms. The molecule has 1 aromatic carbocycles. The van der Waals surface area contributed by atoms with Crippen molar-refractivity contribution in [3.8, 4) is 11.5 Å². The molecule has 0 saturated heterocycles. The number of rotatable bonds is 5. The molecule has 110 valence electrons. The van der Waals surface area contributed by atoms with Gasteiger partial charge in [-0.2, -0.15) is 0 Å². The third-order valence-electron chi connectivity index (χ3n) is 2.76. The molecule has 1 aromatic heterocycles. The van der Waals surface area contributed by atoms with Crippen molar-refractivity contribution in [2.45, 2.75) is 19.8 Å². The third kappa shape index (κ3) is 2.88. The largest absolute Gasteiger partial charge is 0.475 e. The van der Waals surface area contributed by atoms with Crippen LogP contribution in [-0.4, -0.2) is 21.0 Å². The Labute approximate surface area is 118 Å². The van der Waals surface area contributed by atoms with Crippen molar-refractivity contribution in [2.24, 2.45) is 0 Å². The normalized spacial score (nSPS) is 10.6. The maximum atomic E-state index is 13.3. The van der Waals surface area contributed by atoms with Crippen LogP contribution in [0.2, 0.25) is 0 Å². The number of nitrogens with zero attached hydrogens (tertiary/aromatic N) is 2. The van der Waals surface area contributed by atoms with Gasteiger partial charge in [0.1, 0.15) is 11.4 Å². The highest BCUT2D eigenvalue weighted by Crippen LogP contribution is 2.31. The number of hydrogen-bond acceptors (Lipinski definition) is 5. The summed E-state index contributed by atoms with van der Waals surface area (Å²) in [6.45, 7) is 1.82. The molecule has 0 unspecified atom stereocenters. The van der Waals surface area contributed by atoms with Crippen molar-refractivity contribution in [3.63, 3.8) is 0 Å². The Balaban J connectivity index is 2.61. The van der Waals surface area contributed by atoms with Gasteiger partial charge >= 0.3 is 5.97 Å². The van der Waals surface area contributed by atoms with Gasteiger partial charge in [-0.15, -0.1) is 0 Å². The van der Waals surface area contributed by atoms with Crippen molar-refractivity contribution in [3.05, 3.63) is 45.6 Å². The summed E-state index contributed by atoms with van der Waals surface area (Å²) in [6, 6.07) is 2.82. The number of carboxylic acids is 1. The van der Waals surface area contributed by atoms with E-state index in [1.54, 1.807) is 0 Å². The first-order chi connectivity index (χ1) is 9.93. The summed E-state index contributed by atoms with van der Waals surface area (Å²) in [6.07, 6.45) is 0.964. The lowest BCUT2D eigenvalue weighted by Crippen LogP contribution is -1.99. The summed E-state index contributed by atoms with van der Waals surface area (Å²) in [7, 11) is 0. The highest BCUT2D eigenvalue weighted by atomic mass is 19.1. The highest BCUT2D eigenvalue weighted by molar-refractivity contribution is 5.86. The molecule has 2 rings (SSSR count). The fourth-order valence-electron chi connectivity index (χ4n) is 1.88. The van der Waals surface area contributed by atoms with E-state index in [0.29, 0.717) is 12.8 Å². The number of aromatic carboxylic acids is 1. The minimum Gasteiger partial charge on any atom is -0.475 e. The molecule has 0 aliphatic carbocycles. The molecule has 0 aliphatic heterocycles. The number of aryl methyl sites for hydroxylation is 1. The zero-order chi connectivity index (χ0) is 15.6. The Bertz CT molecular complexity index is 711. The number of oxazole rings is 1. The van der Waals surface area contributed by atoms with Crippen LogP contribution in [-0.2, 0) is 6.42 Å². The maximum Gasteiger partial charge on any atom is 0.373 e. The Kier molecular flexibility index (Phi) is 3.97. The van der Waals surface area contributed by atoms with Gasteiger partial charge in [0.25, 0.3) is 5.69 Å². The quantitative estimate of drug-likeness (QED) is 0.671. The average Bonchev–Trinajstić information content (AvgIpc) is 2.83. The molecule has 8 heteroatoms. The first-order valence-electron chi connectivity index (χ1n) is 6.11. The molecular formula is C13H11FN2O5. The highest BCUT2D eigenvalue weighted by Gasteiger charge is 2.25. The second-order valence-corrected chi connectivity index (χ2v) is 4.27. The number of hydrogen-bond donors (Lipinski definition) is 1. The Morgan fingerprint density at radius 2 is 2.24 bits per heavy atom. The Morgan fingerprint density at radius 1 is 1.52 bits per heavy atom. The number of carbonyl (C=O) groups is 1. The summed E-state index contributed by atoms with van der Waals surface area (Å²) in [5.74, 6) is -2.69. The van der Waals surface area contributed by atoms with Crippen LogP contribution in [0.4, 0.5) is 10.1 Å². The molecular weight excluding hydrogens is 283 g/mol. The minimum atomic E-state index is -1.32. The number of benzene rings is 1. The van der Waals surface area contributed by atoms with Gasteiger partial charge in [0, 0.05) is 6.07 Å². The van der Waals surface area contributed by atoms with Gasteiger partial charge in [-0.05, 0) is 18.6 Å². The van der Waals surface area contributed by atoms with E-state index in [1.165, 1.54) is 0 Å². The van der Waals surface area contributed by atoms with Gasteiger partial charge in [-0.25, -0.2) is 14.2 Å². The number of halogens is 1. The summed E-state index contributed by atoms with van der Waals surface area (Å²) in [5, 5.41) is 20.0. The van der Waals surface area contributed by atoms with E-state index in [1.807, 2.05) is 6.92 Å². The van der Waals surface area contributed by atoms with Gasteiger partial charge in [0.05, 0.1) is 10.6 Å². The third-order valence-corrected chi connectivity index (χ3v) is 2.76. The number of carboxylic acid groups (broad SMARTS) is 1. The molecule has 0 atom stereocenters. The second kappa shape index (κ2) is 5.70. The fourth-order valence-corrected chi connectivity index (χ4v) is 1.88. The van der Waals surface area contributed by atoms with Gasteiger partial charge in [-0.3, -0.25) is 10.1 Å². The van der Waals surface area contributed by atoms with Crippen LogP contribution in [0.15, 0.2) is 22.6 Å². The molecule has 21 heavy (non-hydrogen) atoms. The lowest BCUT2D eigenvalue weighted by atomic mass is 10.1. The van der Waals surface area contributed by atoms with E-state index in [9.17, 15) is 19.3 Å². The van der Waals surface area contributed by atoms with Crippen LogP contribution in [0.3, 0.4) is 0 Å². The van der Waals surface area contributed by atoms with Crippen LogP contribution in [0.1, 0.15) is 29.6 Å². The van der Waals surface area contributed by atoms with Gasteiger partial charge in [-0.1, -0.05) is 13.3 Å². The zero-order valence-corrected chi connectivity index (χ0v) is 11.0. The first kappa shape index (κ1) is 14.6.